The number of pyridine rings is 1. The molecular weight excluding hydrogens is 277 g/mol. The Morgan fingerprint density at radius 3 is 2.57 bits per heavy atom. The van der Waals surface area contributed by atoms with E-state index in [2.05, 4.69) is 4.98 Å². The molecule has 110 valence electrons. The Balaban J connectivity index is 2.16. The molecule has 0 saturated carbocycles. The van der Waals surface area contributed by atoms with E-state index >= 15 is 0 Å². The molecule has 0 radical (unpaired) electrons. The maximum Gasteiger partial charge on any atom is 0.341 e. The fraction of sp³-hybridized carbons (Fsp3) is 0.200. The van der Waals surface area contributed by atoms with E-state index in [0.717, 1.165) is 18.7 Å². The van der Waals surface area contributed by atoms with Crippen molar-refractivity contribution in [1.29, 1.82) is 0 Å². The van der Waals surface area contributed by atoms with Gasteiger partial charge >= 0.3 is 5.97 Å². The first-order valence-corrected chi connectivity index (χ1v) is 6.39. The molecule has 1 aromatic carbocycles. The van der Waals surface area contributed by atoms with Gasteiger partial charge in [-0.3, -0.25) is 0 Å². The fourth-order valence-corrected chi connectivity index (χ4v) is 1.60. The number of ether oxygens (including phenoxy) is 2. The van der Waals surface area contributed by atoms with Crippen LogP contribution < -0.4 is 9.47 Å². The van der Waals surface area contributed by atoms with Crippen LogP contribution in [0.3, 0.4) is 0 Å². The van der Waals surface area contributed by atoms with E-state index in [9.17, 15) is 9.18 Å². The summed E-state index contributed by atoms with van der Waals surface area (Å²) in [6.45, 7) is 2.62. The van der Waals surface area contributed by atoms with Crippen molar-refractivity contribution in [2.45, 2.75) is 13.3 Å². The Bertz CT molecular complexity index is 628. The number of halogens is 1. The summed E-state index contributed by atoms with van der Waals surface area (Å²) in [7, 11) is 0. The SMILES string of the molecule is CCCOc1ccc(Oc2ncc(F)cc2C(=O)O)cc1. The molecule has 2 aromatic rings. The molecule has 0 spiro atoms. The minimum absolute atomic E-state index is 0.161. The first-order valence-electron chi connectivity index (χ1n) is 6.39. The van der Waals surface area contributed by atoms with E-state index in [-0.39, 0.29) is 11.4 Å². The molecule has 6 heteroatoms. The number of rotatable bonds is 6. The zero-order valence-corrected chi connectivity index (χ0v) is 11.4. The highest BCUT2D eigenvalue weighted by Gasteiger charge is 2.15. The van der Waals surface area contributed by atoms with Gasteiger partial charge in [0, 0.05) is 0 Å². The van der Waals surface area contributed by atoms with Crippen LogP contribution in [0, 0.1) is 5.82 Å². The standard InChI is InChI=1S/C15H14FNO4/c1-2-7-20-11-3-5-12(6-4-11)21-14-13(15(18)19)8-10(16)9-17-14/h3-6,8-9H,2,7H2,1H3,(H,18,19). The molecule has 21 heavy (non-hydrogen) atoms. The lowest BCUT2D eigenvalue weighted by Gasteiger charge is -2.09. The Kier molecular flexibility index (Phi) is 4.71. The summed E-state index contributed by atoms with van der Waals surface area (Å²) in [5.41, 5.74) is -0.332. The van der Waals surface area contributed by atoms with Crippen LogP contribution in [0.15, 0.2) is 36.5 Å². The number of carboxylic acid groups (broad SMARTS) is 1. The van der Waals surface area contributed by atoms with Gasteiger partial charge in [0.1, 0.15) is 22.9 Å². The van der Waals surface area contributed by atoms with Gasteiger partial charge in [0.15, 0.2) is 0 Å². The van der Waals surface area contributed by atoms with Crippen molar-refractivity contribution in [2.24, 2.45) is 0 Å². The van der Waals surface area contributed by atoms with Gasteiger partial charge < -0.3 is 14.6 Å². The van der Waals surface area contributed by atoms with Gasteiger partial charge in [-0.2, -0.15) is 0 Å². The molecule has 0 fully saturated rings. The first-order chi connectivity index (χ1) is 10.1. The van der Waals surface area contributed by atoms with Gasteiger partial charge in [0.2, 0.25) is 5.88 Å². The molecule has 5 nitrogen and oxygen atoms in total. The summed E-state index contributed by atoms with van der Waals surface area (Å²) in [6, 6.07) is 7.52. The summed E-state index contributed by atoms with van der Waals surface area (Å²) in [5.74, 6) is -1.12. The van der Waals surface area contributed by atoms with Gasteiger partial charge in [0.25, 0.3) is 0 Å². The van der Waals surface area contributed by atoms with Crippen LogP contribution >= 0.6 is 0 Å². The lowest BCUT2D eigenvalue weighted by atomic mass is 10.2. The number of nitrogens with zero attached hydrogens (tertiary/aromatic N) is 1. The highest BCUT2D eigenvalue weighted by Crippen LogP contribution is 2.25. The third kappa shape index (κ3) is 3.92. The monoisotopic (exact) mass is 291 g/mol. The van der Waals surface area contributed by atoms with Crippen LogP contribution in [0.5, 0.6) is 17.4 Å². The van der Waals surface area contributed by atoms with Crippen LogP contribution in [-0.4, -0.2) is 22.7 Å². The summed E-state index contributed by atoms with van der Waals surface area (Å²) >= 11 is 0. The van der Waals surface area contributed by atoms with Gasteiger partial charge in [-0.25, -0.2) is 14.2 Å². The molecule has 0 saturated heterocycles. The second-order valence-electron chi connectivity index (χ2n) is 4.23. The Morgan fingerprint density at radius 1 is 1.29 bits per heavy atom. The lowest BCUT2D eigenvalue weighted by Crippen LogP contribution is -2.03. The molecule has 1 aromatic heterocycles. The minimum Gasteiger partial charge on any atom is -0.494 e. The van der Waals surface area contributed by atoms with Crippen molar-refractivity contribution in [3.05, 3.63) is 47.9 Å². The minimum atomic E-state index is -1.31. The van der Waals surface area contributed by atoms with Gasteiger partial charge in [-0.05, 0) is 36.8 Å². The molecule has 0 aliphatic rings. The second kappa shape index (κ2) is 6.69. The lowest BCUT2D eigenvalue weighted by molar-refractivity contribution is 0.0692. The van der Waals surface area contributed by atoms with Crippen molar-refractivity contribution in [3.63, 3.8) is 0 Å². The van der Waals surface area contributed by atoms with Crippen LogP contribution in [-0.2, 0) is 0 Å². The quantitative estimate of drug-likeness (QED) is 0.882. The summed E-state index contributed by atoms with van der Waals surface area (Å²) in [4.78, 5) is 14.7. The number of benzene rings is 1. The average Bonchev–Trinajstić information content (AvgIpc) is 2.48. The number of hydrogen-bond donors (Lipinski definition) is 1. The van der Waals surface area contributed by atoms with Gasteiger partial charge in [-0.15, -0.1) is 0 Å². The molecular formula is C15H14FNO4. The van der Waals surface area contributed by atoms with E-state index in [1.165, 1.54) is 0 Å². The van der Waals surface area contributed by atoms with Crippen LogP contribution in [0.2, 0.25) is 0 Å². The van der Waals surface area contributed by atoms with Crippen LogP contribution in [0.1, 0.15) is 23.7 Å². The number of aromatic carboxylic acids is 1. The molecule has 0 atom stereocenters. The Labute approximate surface area is 121 Å². The van der Waals surface area contributed by atoms with Crippen molar-refractivity contribution in [2.75, 3.05) is 6.61 Å². The highest BCUT2D eigenvalue weighted by atomic mass is 19.1. The molecule has 1 N–H and O–H groups in total. The smallest absolute Gasteiger partial charge is 0.341 e. The summed E-state index contributed by atoms with van der Waals surface area (Å²) in [6.07, 6.45) is 1.81. The van der Waals surface area contributed by atoms with E-state index in [1.54, 1.807) is 24.3 Å². The van der Waals surface area contributed by atoms with E-state index in [4.69, 9.17) is 14.6 Å². The van der Waals surface area contributed by atoms with Crippen molar-refractivity contribution >= 4 is 5.97 Å². The fourth-order valence-electron chi connectivity index (χ4n) is 1.60. The molecule has 1 heterocycles. The largest absolute Gasteiger partial charge is 0.494 e. The zero-order chi connectivity index (χ0) is 15.2. The third-order valence-electron chi connectivity index (χ3n) is 2.56. The average molecular weight is 291 g/mol. The Morgan fingerprint density at radius 2 is 1.95 bits per heavy atom. The van der Waals surface area contributed by atoms with E-state index < -0.39 is 11.8 Å². The molecule has 0 aliphatic carbocycles. The summed E-state index contributed by atoms with van der Waals surface area (Å²) < 4.78 is 23.8. The zero-order valence-electron chi connectivity index (χ0n) is 11.4. The van der Waals surface area contributed by atoms with Gasteiger partial charge in [0.05, 0.1) is 12.8 Å². The van der Waals surface area contributed by atoms with Crippen molar-refractivity contribution < 1.29 is 23.8 Å². The van der Waals surface area contributed by atoms with Crippen LogP contribution in [0.4, 0.5) is 4.39 Å². The molecule has 0 aliphatic heterocycles. The molecule has 0 bridgehead atoms. The second-order valence-corrected chi connectivity index (χ2v) is 4.23. The van der Waals surface area contributed by atoms with E-state index in [0.29, 0.717) is 18.1 Å². The number of carbonyl (C=O) groups is 1. The maximum absolute atomic E-state index is 13.0. The van der Waals surface area contributed by atoms with E-state index in [1.807, 2.05) is 6.92 Å². The molecule has 2 rings (SSSR count). The molecule has 0 amide bonds. The number of carboxylic acids is 1. The molecule has 0 unspecified atom stereocenters. The predicted molar refractivity (Wildman–Crippen MR) is 73.5 cm³/mol. The highest BCUT2D eigenvalue weighted by molar-refractivity contribution is 5.90. The maximum atomic E-state index is 13.0. The van der Waals surface area contributed by atoms with Crippen molar-refractivity contribution in [1.82, 2.24) is 4.98 Å². The number of aromatic nitrogens is 1. The summed E-state index contributed by atoms with van der Waals surface area (Å²) in [5, 5.41) is 9.00. The normalized spacial score (nSPS) is 10.2. The first kappa shape index (κ1) is 14.8. The van der Waals surface area contributed by atoms with Gasteiger partial charge in [-0.1, -0.05) is 6.92 Å². The topological polar surface area (TPSA) is 68.7 Å². The third-order valence-corrected chi connectivity index (χ3v) is 2.56. The predicted octanol–water partition coefficient (Wildman–Crippen LogP) is 3.50. The van der Waals surface area contributed by atoms with Crippen molar-refractivity contribution in [3.8, 4) is 17.4 Å². The van der Waals surface area contributed by atoms with Crippen LogP contribution in [0.25, 0.3) is 0 Å². The number of hydrogen-bond acceptors (Lipinski definition) is 4. The Hall–Kier alpha value is -2.63.